The van der Waals surface area contributed by atoms with Crippen molar-refractivity contribution in [2.45, 2.75) is 19.4 Å². The minimum atomic E-state index is 0.138. The van der Waals surface area contributed by atoms with E-state index in [1.165, 1.54) is 0 Å². The molecule has 1 atom stereocenters. The van der Waals surface area contributed by atoms with Crippen LogP contribution in [0.4, 0.5) is 0 Å². The fourth-order valence-electron chi connectivity index (χ4n) is 0.756. The van der Waals surface area contributed by atoms with Crippen molar-refractivity contribution in [3.05, 3.63) is 11.7 Å². The predicted octanol–water partition coefficient (Wildman–Crippen LogP) is 0.278. The minimum absolute atomic E-state index is 0.138. The van der Waals surface area contributed by atoms with E-state index in [9.17, 15) is 0 Å². The highest BCUT2D eigenvalue weighted by atomic mass is 16.5. The molecular formula is C7H13N3O2. The van der Waals surface area contributed by atoms with Crippen LogP contribution in [0.1, 0.15) is 24.6 Å². The molecule has 1 rings (SSSR count). The zero-order valence-corrected chi connectivity index (χ0v) is 7.28. The van der Waals surface area contributed by atoms with Crippen LogP contribution >= 0.6 is 0 Å². The molecule has 0 spiro atoms. The molecule has 5 heteroatoms. The van der Waals surface area contributed by atoms with Crippen LogP contribution in [0.3, 0.4) is 0 Å². The van der Waals surface area contributed by atoms with Gasteiger partial charge in [-0.25, -0.2) is 0 Å². The van der Waals surface area contributed by atoms with Crippen LogP contribution in [0.25, 0.3) is 0 Å². The molecule has 0 aliphatic rings. The van der Waals surface area contributed by atoms with Crippen LogP contribution in [-0.4, -0.2) is 23.8 Å². The van der Waals surface area contributed by atoms with Crippen molar-refractivity contribution in [1.29, 1.82) is 0 Å². The van der Waals surface area contributed by atoms with Crippen LogP contribution in [0.5, 0.6) is 0 Å². The second-order valence-corrected chi connectivity index (χ2v) is 2.62. The van der Waals surface area contributed by atoms with Gasteiger partial charge < -0.3 is 15.0 Å². The first kappa shape index (κ1) is 9.15. The Bertz CT molecular complexity index is 236. The molecular weight excluding hydrogens is 158 g/mol. The molecule has 1 unspecified atom stereocenters. The summed E-state index contributed by atoms with van der Waals surface area (Å²) in [5.74, 6) is 1.27. The number of methoxy groups -OCH3 is 1. The van der Waals surface area contributed by atoms with E-state index in [0.29, 0.717) is 24.9 Å². The molecule has 1 aromatic rings. The molecule has 0 saturated heterocycles. The van der Waals surface area contributed by atoms with Crippen LogP contribution < -0.4 is 5.73 Å². The first-order valence-corrected chi connectivity index (χ1v) is 3.79. The molecule has 5 nitrogen and oxygen atoms in total. The van der Waals surface area contributed by atoms with Gasteiger partial charge in [0.2, 0.25) is 0 Å². The largest absolute Gasteiger partial charge is 0.375 e. The molecule has 0 aliphatic carbocycles. The lowest BCUT2D eigenvalue weighted by Gasteiger charge is -1.98. The Morgan fingerprint density at radius 3 is 3.00 bits per heavy atom. The van der Waals surface area contributed by atoms with Crippen LogP contribution in [0.2, 0.25) is 0 Å². The summed E-state index contributed by atoms with van der Waals surface area (Å²) in [5, 5.41) is 3.76. The van der Waals surface area contributed by atoms with E-state index >= 15 is 0 Å². The number of nitrogens with zero attached hydrogens (tertiary/aromatic N) is 2. The van der Waals surface area contributed by atoms with Gasteiger partial charge in [-0.05, 0) is 0 Å². The quantitative estimate of drug-likeness (QED) is 0.704. The van der Waals surface area contributed by atoms with Crippen molar-refractivity contribution >= 4 is 0 Å². The smallest absolute Gasteiger partial charge is 0.252 e. The van der Waals surface area contributed by atoms with Gasteiger partial charge in [0.15, 0.2) is 5.82 Å². The van der Waals surface area contributed by atoms with E-state index < -0.39 is 0 Å². The van der Waals surface area contributed by atoms with E-state index in [1.54, 1.807) is 7.11 Å². The van der Waals surface area contributed by atoms with E-state index in [2.05, 4.69) is 10.1 Å². The van der Waals surface area contributed by atoms with Gasteiger partial charge in [-0.15, -0.1) is 0 Å². The van der Waals surface area contributed by atoms with Crippen molar-refractivity contribution in [2.24, 2.45) is 5.73 Å². The second kappa shape index (κ2) is 4.18. The maximum atomic E-state index is 5.43. The first-order valence-electron chi connectivity index (χ1n) is 3.79. The van der Waals surface area contributed by atoms with Crippen LogP contribution in [0, 0.1) is 0 Å². The summed E-state index contributed by atoms with van der Waals surface area (Å²) < 4.78 is 9.71. The molecule has 0 aliphatic heterocycles. The second-order valence-electron chi connectivity index (χ2n) is 2.62. The maximum absolute atomic E-state index is 5.43. The molecule has 0 aromatic carbocycles. The summed E-state index contributed by atoms with van der Waals surface area (Å²) >= 11 is 0. The van der Waals surface area contributed by atoms with Crippen LogP contribution in [0.15, 0.2) is 4.52 Å². The lowest BCUT2D eigenvalue weighted by atomic mass is 10.2. The zero-order chi connectivity index (χ0) is 8.97. The van der Waals surface area contributed by atoms with Crippen molar-refractivity contribution in [2.75, 3.05) is 13.7 Å². The molecule has 2 N–H and O–H groups in total. The predicted molar refractivity (Wildman–Crippen MR) is 42.5 cm³/mol. The minimum Gasteiger partial charge on any atom is -0.375 e. The first-order chi connectivity index (χ1) is 5.77. The highest BCUT2D eigenvalue weighted by Crippen LogP contribution is 2.09. The number of nitrogens with two attached hydrogens (primary N) is 1. The lowest BCUT2D eigenvalue weighted by molar-refractivity contribution is 0.151. The normalized spacial score (nSPS) is 13.2. The van der Waals surface area contributed by atoms with Crippen molar-refractivity contribution in [3.8, 4) is 0 Å². The van der Waals surface area contributed by atoms with Crippen molar-refractivity contribution < 1.29 is 9.26 Å². The summed E-state index contributed by atoms with van der Waals surface area (Å²) in [6.07, 6.45) is 0. The molecule has 0 saturated carbocycles. The molecule has 1 heterocycles. The van der Waals surface area contributed by atoms with E-state index in [-0.39, 0.29) is 5.92 Å². The van der Waals surface area contributed by atoms with E-state index in [4.69, 9.17) is 15.0 Å². The average molecular weight is 171 g/mol. The topological polar surface area (TPSA) is 74.2 Å². The molecule has 0 radical (unpaired) electrons. The summed E-state index contributed by atoms with van der Waals surface area (Å²) in [5.41, 5.74) is 5.43. The van der Waals surface area contributed by atoms with Gasteiger partial charge in [-0.2, -0.15) is 4.98 Å². The lowest BCUT2D eigenvalue weighted by Crippen LogP contribution is -2.10. The SMILES string of the molecule is COCc1nc(C(C)CN)no1. The Hall–Kier alpha value is -0.940. The number of ether oxygens (including phenoxy) is 1. The monoisotopic (exact) mass is 171 g/mol. The Morgan fingerprint density at radius 1 is 1.67 bits per heavy atom. The molecule has 68 valence electrons. The summed E-state index contributed by atoms with van der Waals surface area (Å²) in [4.78, 5) is 4.09. The van der Waals surface area contributed by atoms with Crippen molar-refractivity contribution in [1.82, 2.24) is 10.1 Å². The Labute approximate surface area is 70.9 Å². The third-order valence-electron chi connectivity index (χ3n) is 1.55. The van der Waals surface area contributed by atoms with Gasteiger partial charge in [0, 0.05) is 19.6 Å². The van der Waals surface area contributed by atoms with Crippen LogP contribution in [-0.2, 0) is 11.3 Å². The third kappa shape index (κ3) is 2.02. The van der Waals surface area contributed by atoms with Crippen molar-refractivity contribution in [3.63, 3.8) is 0 Å². The molecule has 0 amide bonds. The van der Waals surface area contributed by atoms with Gasteiger partial charge in [-0.3, -0.25) is 0 Å². The van der Waals surface area contributed by atoms with Gasteiger partial charge >= 0.3 is 0 Å². The van der Waals surface area contributed by atoms with E-state index in [1.807, 2.05) is 6.92 Å². The number of aromatic nitrogens is 2. The Kier molecular flexibility index (Phi) is 3.19. The standard InChI is InChI=1S/C7H13N3O2/c1-5(3-8)7-9-6(4-11-2)12-10-7/h5H,3-4,8H2,1-2H3. The zero-order valence-electron chi connectivity index (χ0n) is 7.28. The molecule has 1 aromatic heterocycles. The van der Waals surface area contributed by atoms with E-state index in [0.717, 1.165) is 0 Å². The Morgan fingerprint density at radius 2 is 2.42 bits per heavy atom. The average Bonchev–Trinajstić information content (AvgIpc) is 2.52. The fourth-order valence-corrected chi connectivity index (χ4v) is 0.756. The summed E-state index contributed by atoms with van der Waals surface area (Å²) in [6, 6.07) is 0. The van der Waals surface area contributed by atoms with Gasteiger partial charge in [0.25, 0.3) is 5.89 Å². The van der Waals surface area contributed by atoms with Gasteiger partial charge in [-0.1, -0.05) is 12.1 Å². The fraction of sp³-hybridized carbons (Fsp3) is 0.714. The number of hydrogen-bond donors (Lipinski definition) is 1. The number of rotatable bonds is 4. The number of hydrogen-bond acceptors (Lipinski definition) is 5. The summed E-state index contributed by atoms with van der Waals surface area (Å²) in [6.45, 7) is 2.82. The van der Waals surface area contributed by atoms with Gasteiger partial charge in [0.05, 0.1) is 0 Å². The highest BCUT2D eigenvalue weighted by Gasteiger charge is 2.11. The molecule has 0 bridgehead atoms. The highest BCUT2D eigenvalue weighted by molar-refractivity contribution is 4.93. The third-order valence-corrected chi connectivity index (χ3v) is 1.55. The molecule has 12 heavy (non-hydrogen) atoms. The maximum Gasteiger partial charge on any atom is 0.252 e. The Balaban J connectivity index is 2.63. The summed E-state index contributed by atoms with van der Waals surface area (Å²) in [7, 11) is 1.58. The van der Waals surface area contributed by atoms with Gasteiger partial charge in [0.1, 0.15) is 6.61 Å². The molecule has 0 fully saturated rings.